The van der Waals surface area contributed by atoms with E-state index < -0.39 is 0 Å². The molecule has 0 amide bonds. The number of pyridine rings is 1. The van der Waals surface area contributed by atoms with Crippen LogP contribution in [0.25, 0.3) is 0 Å². The lowest BCUT2D eigenvalue weighted by molar-refractivity contribution is 0.406. The van der Waals surface area contributed by atoms with E-state index in [4.69, 9.17) is 4.74 Å². The van der Waals surface area contributed by atoms with Gasteiger partial charge in [-0.15, -0.1) is 0 Å². The number of rotatable bonds is 6. The predicted molar refractivity (Wildman–Crippen MR) is 71.4 cm³/mol. The molecule has 17 heavy (non-hydrogen) atoms. The molecule has 0 aliphatic heterocycles. The summed E-state index contributed by atoms with van der Waals surface area (Å²) in [5, 5.41) is 3.38. The van der Waals surface area contributed by atoms with Gasteiger partial charge in [-0.05, 0) is 33.7 Å². The number of allylic oxidation sites excluding steroid dienone is 1. The maximum absolute atomic E-state index is 5.38. The second-order valence-corrected chi connectivity index (χ2v) is 4.08. The van der Waals surface area contributed by atoms with Crippen LogP contribution in [0.15, 0.2) is 18.3 Å². The van der Waals surface area contributed by atoms with Crippen molar-refractivity contribution in [3.05, 3.63) is 35.2 Å². The SMILES string of the molecule is C/C=C/CCNCc1ncc(C)c(OC)c1C. The summed E-state index contributed by atoms with van der Waals surface area (Å²) < 4.78 is 5.38. The Hall–Kier alpha value is -1.35. The van der Waals surface area contributed by atoms with Crippen LogP contribution < -0.4 is 10.1 Å². The van der Waals surface area contributed by atoms with Crippen LogP contribution in [0.1, 0.15) is 30.2 Å². The Morgan fingerprint density at radius 2 is 2.18 bits per heavy atom. The molecule has 1 N–H and O–H groups in total. The maximum atomic E-state index is 5.38. The minimum absolute atomic E-state index is 0.792. The van der Waals surface area contributed by atoms with Gasteiger partial charge < -0.3 is 10.1 Å². The molecule has 1 rings (SSSR count). The molecule has 0 fully saturated rings. The van der Waals surface area contributed by atoms with Gasteiger partial charge in [0.1, 0.15) is 5.75 Å². The van der Waals surface area contributed by atoms with Crippen LogP contribution in [0.4, 0.5) is 0 Å². The molecule has 0 unspecified atom stereocenters. The molecular formula is C14H22N2O. The third-order valence-electron chi connectivity index (χ3n) is 2.77. The maximum Gasteiger partial charge on any atom is 0.128 e. The number of nitrogens with one attached hydrogen (secondary N) is 1. The van der Waals surface area contributed by atoms with Crippen molar-refractivity contribution in [1.82, 2.24) is 10.3 Å². The monoisotopic (exact) mass is 234 g/mol. The number of aryl methyl sites for hydroxylation is 1. The Morgan fingerprint density at radius 3 is 2.82 bits per heavy atom. The minimum Gasteiger partial charge on any atom is -0.496 e. The van der Waals surface area contributed by atoms with Gasteiger partial charge in [-0.1, -0.05) is 12.2 Å². The molecule has 0 saturated carbocycles. The lowest BCUT2D eigenvalue weighted by Crippen LogP contribution is -2.16. The van der Waals surface area contributed by atoms with Gasteiger partial charge in [0.2, 0.25) is 0 Å². The molecule has 94 valence electrons. The molecule has 1 aromatic heterocycles. The second-order valence-electron chi connectivity index (χ2n) is 4.08. The zero-order chi connectivity index (χ0) is 12.7. The Morgan fingerprint density at radius 1 is 1.41 bits per heavy atom. The third-order valence-corrected chi connectivity index (χ3v) is 2.77. The predicted octanol–water partition coefficient (Wildman–Crippen LogP) is 2.76. The topological polar surface area (TPSA) is 34.2 Å². The van der Waals surface area contributed by atoms with Crippen LogP contribution >= 0.6 is 0 Å². The smallest absolute Gasteiger partial charge is 0.128 e. The van der Waals surface area contributed by atoms with Crippen LogP contribution in [0.2, 0.25) is 0 Å². The molecule has 3 heteroatoms. The number of nitrogens with zero attached hydrogens (tertiary/aromatic N) is 1. The highest BCUT2D eigenvalue weighted by molar-refractivity contribution is 5.40. The van der Waals surface area contributed by atoms with Crippen molar-refractivity contribution in [3.8, 4) is 5.75 Å². The Kier molecular flexibility index (Phi) is 5.70. The molecule has 1 aromatic rings. The first-order valence-electron chi connectivity index (χ1n) is 6.01. The number of methoxy groups -OCH3 is 1. The van der Waals surface area contributed by atoms with Gasteiger partial charge in [0.05, 0.1) is 12.8 Å². The van der Waals surface area contributed by atoms with Crippen LogP contribution in [-0.2, 0) is 6.54 Å². The first kappa shape index (κ1) is 13.7. The van der Waals surface area contributed by atoms with Gasteiger partial charge in [-0.25, -0.2) is 0 Å². The summed E-state index contributed by atoms with van der Waals surface area (Å²) in [6, 6.07) is 0. The normalized spacial score (nSPS) is 11.1. The van der Waals surface area contributed by atoms with E-state index >= 15 is 0 Å². The van der Waals surface area contributed by atoms with Crippen molar-refractivity contribution >= 4 is 0 Å². The zero-order valence-electron chi connectivity index (χ0n) is 11.2. The van der Waals surface area contributed by atoms with E-state index in [9.17, 15) is 0 Å². The van der Waals surface area contributed by atoms with Crippen molar-refractivity contribution in [2.45, 2.75) is 33.7 Å². The second kappa shape index (κ2) is 7.07. The third kappa shape index (κ3) is 3.86. The molecule has 0 saturated heterocycles. The number of ether oxygens (including phenoxy) is 1. The number of hydrogen-bond donors (Lipinski definition) is 1. The van der Waals surface area contributed by atoms with Gasteiger partial charge in [0.15, 0.2) is 0 Å². The molecule has 0 radical (unpaired) electrons. The van der Waals surface area contributed by atoms with E-state index in [0.717, 1.165) is 42.1 Å². The van der Waals surface area contributed by atoms with E-state index in [2.05, 4.69) is 29.4 Å². The van der Waals surface area contributed by atoms with E-state index in [0.29, 0.717) is 0 Å². The summed E-state index contributed by atoms with van der Waals surface area (Å²) in [6.45, 7) is 7.88. The molecule has 0 aliphatic carbocycles. The van der Waals surface area contributed by atoms with Gasteiger partial charge >= 0.3 is 0 Å². The molecule has 0 spiro atoms. The zero-order valence-corrected chi connectivity index (χ0v) is 11.2. The summed E-state index contributed by atoms with van der Waals surface area (Å²) in [7, 11) is 1.71. The average Bonchev–Trinajstić information content (AvgIpc) is 2.32. The lowest BCUT2D eigenvalue weighted by Gasteiger charge is -2.12. The quantitative estimate of drug-likeness (QED) is 0.607. The highest BCUT2D eigenvalue weighted by atomic mass is 16.5. The van der Waals surface area contributed by atoms with Crippen molar-refractivity contribution < 1.29 is 4.74 Å². The van der Waals surface area contributed by atoms with Gasteiger partial charge in [-0.2, -0.15) is 0 Å². The number of hydrogen-bond acceptors (Lipinski definition) is 3. The fourth-order valence-electron chi connectivity index (χ4n) is 1.81. The van der Waals surface area contributed by atoms with Crippen molar-refractivity contribution in [2.24, 2.45) is 0 Å². The first-order valence-corrected chi connectivity index (χ1v) is 6.01. The summed E-state index contributed by atoms with van der Waals surface area (Å²) in [6.07, 6.45) is 7.15. The van der Waals surface area contributed by atoms with E-state index in [1.54, 1.807) is 7.11 Å². The molecular weight excluding hydrogens is 212 g/mol. The highest BCUT2D eigenvalue weighted by Gasteiger charge is 2.08. The van der Waals surface area contributed by atoms with Crippen LogP contribution in [0.5, 0.6) is 5.75 Å². The average molecular weight is 234 g/mol. The first-order chi connectivity index (χ1) is 8.20. The fraction of sp³-hybridized carbons (Fsp3) is 0.500. The summed E-state index contributed by atoms with van der Waals surface area (Å²) in [4.78, 5) is 4.44. The molecule has 0 aromatic carbocycles. The Bertz CT molecular complexity index is 386. The standard InChI is InChI=1S/C14H22N2O/c1-5-6-7-8-15-10-13-12(3)14(17-4)11(2)9-16-13/h5-6,9,15H,7-8,10H2,1-4H3/b6-5+. The summed E-state index contributed by atoms with van der Waals surface area (Å²) in [5.41, 5.74) is 3.28. The van der Waals surface area contributed by atoms with E-state index in [1.807, 2.05) is 20.0 Å². The van der Waals surface area contributed by atoms with E-state index in [1.165, 1.54) is 0 Å². The molecule has 0 aliphatic rings. The van der Waals surface area contributed by atoms with Gasteiger partial charge in [0.25, 0.3) is 0 Å². The van der Waals surface area contributed by atoms with Crippen molar-refractivity contribution in [2.75, 3.05) is 13.7 Å². The van der Waals surface area contributed by atoms with Crippen molar-refractivity contribution in [3.63, 3.8) is 0 Å². The largest absolute Gasteiger partial charge is 0.496 e. The van der Waals surface area contributed by atoms with Gasteiger partial charge in [-0.3, -0.25) is 4.98 Å². The molecule has 1 heterocycles. The number of aromatic nitrogens is 1. The summed E-state index contributed by atoms with van der Waals surface area (Å²) >= 11 is 0. The highest BCUT2D eigenvalue weighted by Crippen LogP contribution is 2.23. The Labute approximate surface area is 104 Å². The summed E-state index contributed by atoms with van der Waals surface area (Å²) in [5.74, 6) is 0.949. The fourth-order valence-corrected chi connectivity index (χ4v) is 1.81. The molecule has 0 atom stereocenters. The Balaban J connectivity index is 2.59. The van der Waals surface area contributed by atoms with Crippen LogP contribution in [0.3, 0.4) is 0 Å². The van der Waals surface area contributed by atoms with Crippen molar-refractivity contribution in [1.29, 1.82) is 0 Å². The minimum atomic E-state index is 0.792. The molecule has 3 nitrogen and oxygen atoms in total. The molecule has 0 bridgehead atoms. The van der Waals surface area contributed by atoms with Gasteiger partial charge in [0, 0.05) is 23.9 Å². The van der Waals surface area contributed by atoms with E-state index in [-0.39, 0.29) is 0 Å². The van der Waals surface area contributed by atoms with Crippen LogP contribution in [0, 0.1) is 13.8 Å². The lowest BCUT2D eigenvalue weighted by atomic mass is 10.1. The van der Waals surface area contributed by atoms with Crippen LogP contribution in [-0.4, -0.2) is 18.6 Å².